The average Bonchev–Trinajstić information content (AvgIpc) is 2.56. The molecule has 3 aromatic rings. The van der Waals surface area contributed by atoms with Gasteiger partial charge in [-0.3, -0.25) is 9.59 Å². The number of H-pyrrole nitrogens is 1. The zero-order valence-corrected chi connectivity index (χ0v) is 12.4. The van der Waals surface area contributed by atoms with Crippen LogP contribution in [0.15, 0.2) is 59.8 Å². The minimum absolute atomic E-state index is 0.241. The summed E-state index contributed by atoms with van der Waals surface area (Å²) < 4.78 is 0. The van der Waals surface area contributed by atoms with Crippen LogP contribution in [0.25, 0.3) is 11.4 Å². The molecule has 0 saturated carbocycles. The smallest absolute Gasteiger partial charge is 0.257 e. The van der Waals surface area contributed by atoms with E-state index in [1.165, 1.54) is 12.3 Å². The van der Waals surface area contributed by atoms with E-state index < -0.39 is 0 Å². The number of nitrogens with one attached hydrogen (secondary N) is 2. The normalized spacial score (nSPS) is 10.3. The third-order valence-electron chi connectivity index (χ3n) is 3.32. The summed E-state index contributed by atoms with van der Waals surface area (Å²) in [5.41, 5.74) is 2.15. The molecular weight excluding hydrogens is 292 g/mol. The summed E-state index contributed by atoms with van der Waals surface area (Å²) in [7, 11) is 0. The van der Waals surface area contributed by atoms with Crippen molar-refractivity contribution in [1.82, 2.24) is 15.0 Å². The Morgan fingerprint density at radius 2 is 1.83 bits per heavy atom. The number of rotatable bonds is 3. The molecule has 2 aromatic heterocycles. The second-order valence-electron chi connectivity index (χ2n) is 5.01. The summed E-state index contributed by atoms with van der Waals surface area (Å²) in [6, 6.07) is 10.9. The molecule has 0 aliphatic heterocycles. The van der Waals surface area contributed by atoms with Gasteiger partial charge >= 0.3 is 0 Å². The highest BCUT2D eigenvalue weighted by molar-refractivity contribution is 6.04. The Labute approximate surface area is 132 Å². The van der Waals surface area contributed by atoms with Crippen molar-refractivity contribution in [2.75, 3.05) is 5.32 Å². The largest absolute Gasteiger partial charge is 0.328 e. The minimum Gasteiger partial charge on any atom is -0.328 e. The van der Waals surface area contributed by atoms with E-state index >= 15 is 0 Å². The number of hydrogen-bond donors (Lipinski definition) is 2. The molecule has 0 spiro atoms. The predicted octanol–water partition coefficient (Wildman–Crippen LogP) is 2.39. The molecule has 0 radical (unpaired) electrons. The van der Waals surface area contributed by atoms with Crippen LogP contribution >= 0.6 is 0 Å². The van der Waals surface area contributed by atoms with Crippen LogP contribution in [0, 0.1) is 6.92 Å². The van der Waals surface area contributed by atoms with E-state index in [-0.39, 0.29) is 11.5 Å². The van der Waals surface area contributed by atoms with Crippen molar-refractivity contribution >= 4 is 11.6 Å². The SMILES string of the molecule is Cc1cc(=O)[nH]cc1C(=O)Nc1cnc(-c2ccccc2)nc1. The number of aromatic amines is 1. The van der Waals surface area contributed by atoms with E-state index in [2.05, 4.69) is 20.3 Å². The number of anilines is 1. The van der Waals surface area contributed by atoms with Crippen LogP contribution in [-0.4, -0.2) is 20.9 Å². The predicted molar refractivity (Wildman–Crippen MR) is 87.2 cm³/mol. The Balaban J connectivity index is 1.78. The maximum atomic E-state index is 12.2. The molecular formula is C17H14N4O2. The van der Waals surface area contributed by atoms with E-state index in [9.17, 15) is 9.59 Å². The summed E-state index contributed by atoms with van der Waals surface area (Å²) in [5.74, 6) is 0.263. The molecule has 1 amide bonds. The van der Waals surface area contributed by atoms with E-state index in [4.69, 9.17) is 0 Å². The van der Waals surface area contributed by atoms with Gasteiger partial charge < -0.3 is 10.3 Å². The molecule has 2 heterocycles. The lowest BCUT2D eigenvalue weighted by Crippen LogP contribution is -2.17. The van der Waals surface area contributed by atoms with Crippen LogP contribution in [0.4, 0.5) is 5.69 Å². The molecule has 0 unspecified atom stereocenters. The van der Waals surface area contributed by atoms with Crippen LogP contribution in [0.1, 0.15) is 15.9 Å². The van der Waals surface area contributed by atoms with Crippen molar-refractivity contribution in [3.63, 3.8) is 0 Å². The van der Waals surface area contributed by atoms with Crippen molar-refractivity contribution < 1.29 is 4.79 Å². The van der Waals surface area contributed by atoms with Gasteiger partial charge in [-0.15, -0.1) is 0 Å². The van der Waals surface area contributed by atoms with Crippen LogP contribution in [0.5, 0.6) is 0 Å². The molecule has 0 atom stereocenters. The lowest BCUT2D eigenvalue weighted by Gasteiger charge is -2.07. The van der Waals surface area contributed by atoms with Crippen LogP contribution in [-0.2, 0) is 0 Å². The number of aromatic nitrogens is 3. The van der Waals surface area contributed by atoms with Crippen molar-refractivity contribution in [1.29, 1.82) is 0 Å². The number of carbonyl (C=O) groups excluding carboxylic acids is 1. The van der Waals surface area contributed by atoms with Crippen LogP contribution < -0.4 is 10.9 Å². The van der Waals surface area contributed by atoms with Crippen molar-refractivity contribution in [3.05, 3.63) is 76.5 Å². The summed E-state index contributed by atoms with van der Waals surface area (Å²) >= 11 is 0. The van der Waals surface area contributed by atoms with E-state index in [1.54, 1.807) is 19.3 Å². The molecule has 0 bridgehead atoms. The average molecular weight is 306 g/mol. The summed E-state index contributed by atoms with van der Waals surface area (Å²) in [5, 5.41) is 2.71. The van der Waals surface area contributed by atoms with Gasteiger partial charge in [-0.1, -0.05) is 30.3 Å². The number of amides is 1. The molecule has 3 rings (SSSR count). The number of pyridine rings is 1. The molecule has 0 aliphatic rings. The number of hydrogen-bond acceptors (Lipinski definition) is 4. The van der Waals surface area contributed by atoms with Crippen molar-refractivity contribution in [2.24, 2.45) is 0 Å². The van der Waals surface area contributed by atoms with Gasteiger partial charge in [0.1, 0.15) is 0 Å². The standard InChI is InChI=1S/C17H14N4O2/c1-11-7-15(22)18-10-14(11)17(23)21-13-8-19-16(20-9-13)12-5-3-2-4-6-12/h2-10H,1H3,(H,18,22)(H,21,23). The molecule has 1 aromatic carbocycles. The molecule has 6 heteroatoms. The van der Waals surface area contributed by atoms with Crippen LogP contribution in [0.2, 0.25) is 0 Å². The minimum atomic E-state index is -0.324. The summed E-state index contributed by atoms with van der Waals surface area (Å²) in [4.78, 5) is 34.4. The quantitative estimate of drug-likeness (QED) is 0.777. The Morgan fingerprint density at radius 3 is 2.48 bits per heavy atom. The highest BCUT2D eigenvalue weighted by Gasteiger charge is 2.10. The number of nitrogens with zero attached hydrogens (tertiary/aromatic N) is 2. The Bertz CT molecular complexity index is 886. The molecule has 0 fully saturated rings. The van der Waals surface area contributed by atoms with Crippen molar-refractivity contribution in [3.8, 4) is 11.4 Å². The number of carbonyl (C=O) groups is 1. The first-order valence-electron chi connectivity index (χ1n) is 7.01. The molecule has 6 nitrogen and oxygen atoms in total. The van der Waals surface area contributed by atoms with Gasteiger partial charge in [-0.2, -0.15) is 0 Å². The van der Waals surface area contributed by atoms with E-state index in [0.717, 1.165) is 5.56 Å². The zero-order chi connectivity index (χ0) is 16.2. The van der Waals surface area contributed by atoms with Gasteiger partial charge in [0.05, 0.1) is 23.6 Å². The zero-order valence-electron chi connectivity index (χ0n) is 12.4. The van der Waals surface area contributed by atoms with Gasteiger partial charge in [-0.25, -0.2) is 9.97 Å². The summed E-state index contributed by atoms with van der Waals surface area (Å²) in [6.45, 7) is 1.71. The number of aryl methyl sites for hydroxylation is 1. The second kappa shape index (κ2) is 6.23. The van der Waals surface area contributed by atoms with Gasteiger partial charge in [0.25, 0.3) is 5.91 Å². The second-order valence-corrected chi connectivity index (χ2v) is 5.01. The fraction of sp³-hybridized carbons (Fsp3) is 0.0588. The molecule has 23 heavy (non-hydrogen) atoms. The molecule has 2 N–H and O–H groups in total. The Morgan fingerprint density at radius 1 is 1.13 bits per heavy atom. The Hall–Kier alpha value is -3.28. The third-order valence-corrected chi connectivity index (χ3v) is 3.32. The lowest BCUT2D eigenvalue weighted by atomic mass is 10.1. The van der Waals surface area contributed by atoms with E-state index in [1.807, 2.05) is 30.3 Å². The first kappa shape index (κ1) is 14.6. The highest BCUT2D eigenvalue weighted by atomic mass is 16.1. The maximum absolute atomic E-state index is 12.2. The van der Waals surface area contributed by atoms with Gasteiger partial charge in [0.15, 0.2) is 5.82 Å². The maximum Gasteiger partial charge on any atom is 0.257 e. The van der Waals surface area contributed by atoms with Crippen LogP contribution in [0.3, 0.4) is 0 Å². The lowest BCUT2D eigenvalue weighted by molar-refractivity contribution is 0.102. The highest BCUT2D eigenvalue weighted by Crippen LogP contribution is 2.15. The molecule has 0 saturated heterocycles. The van der Waals surface area contributed by atoms with Gasteiger partial charge in [-0.05, 0) is 12.5 Å². The first-order chi connectivity index (χ1) is 11.1. The van der Waals surface area contributed by atoms with Gasteiger partial charge in [0.2, 0.25) is 5.56 Å². The Kier molecular flexibility index (Phi) is 3.97. The molecule has 114 valence electrons. The third kappa shape index (κ3) is 3.32. The van der Waals surface area contributed by atoms with E-state index in [0.29, 0.717) is 22.6 Å². The topological polar surface area (TPSA) is 87.7 Å². The van der Waals surface area contributed by atoms with Crippen molar-refractivity contribution in [2.45, 2.75) is 6.92 Å². The summed E-state index contributed by atoms with van der Waals surface area (Å²) in [6.07, 6.45) is 4.49. The fourth-order valence-electron chi connectivity index (χ4n) is 2.15. The number of benzene rings is 1. The fourth-order valence-corrected chi connectivity index (χ4v) is 2.15. The monoisotopic (exact) mass is 306 g/mol. The first-order valence-corrected chi connectivity index (χ1v) is 7.01. The molecule has 0 aliphatic carbocycles. The van der Waals surface area contributed by atoms with Gasteiger partial charge in [0, 0.05) is 17.8 Å².